The van der Waals surface area contributed by atoms with Gasteiger partial charge < -0.3 is 15.5 Å². The summed E-state index contributed by atoms with van der Waals surface area (Å²) in [5, 5.41) is 5.85. The van der Waals surface area contributed by atoms with Crippen molar-refractivity contribution in [2.75, 3.05) is 25.0 Å². The summed E-state index contributed by atoms with van der Waals surface area (Å²) < 4.78 is 0. The molecule has 164 valence electrons. The Labute approximate surface area is 184 Å². The van der Waals surface area contributed by atoms with Gasteiger partial charge in [0.1, 0.15) is 0 Å². The van der Waals surface area contributed by atoms with Crippen LogP contribution in [0.25, 0.3) is 0 Å². The monoisotopic (exact) mass is 421 g/mol. The fourth-order valence-electron chi connectivity index (χ4n) is 3.64. The second-order valence-electron chi connectivity index (χ2n) is 8.44. The predicted molar refractivity (Wildman–Crippen MR) is 122 cm³/mol. The van der Waals surface area contributed by atoms with Gasteiger partial charge in [0.25, 0.3) is 11.8 Å². The molecule has 2 aromatic carbocycles. The minimum absolute atomic E-state index is 0.0215. The van der Waals surface area contributed by atoms with Crippen molar-refractivity contribution in [3.05, 3.63) is 65.7 Å². The highest BCUT2D eigenvalue weighted by molar-refractivity contribution is 6.04. The molecule has 0 bridgehead atoms. The van der Waals surface area contributed by atoms with Gasteiger partial charge in [-0.15, -0.1) is 0 Å². The molecule has 1 heterocycles. The lowest BCUT2D eigenvalue weighted by Gasteiger charge is -2.31. The molecule has 0 spiro atoms. The number of hydrogen-bond donors (Lipinski definition) is 2. The number of nitrogens with zero attached hydrogens (tertiary/aromatic N) is 1. The number of piperidine rings is 1. The third kappa shape index (κ3) is 6.41. The second-order valence-corrected chi connectivity index (χ2v) is 8.44. The van der Waals surface area contributed by atoms with Crippen LogP contribution in [0.4, 0.5) is 5.69 Å². The Morgan fingerprint density at radius 3 is 2.19 bits per heavy atom. The summed E-state index contributed by atoms with van der Waals surface area (Å²) in [6, 6.07) is 15.9. The fraction of sp³-hybridized carbons (Fsp3) is 0.400. The van der Waals surface area contributed by atoms with E-state index in [4.69, 9.17) is 0 Å². The number of nitrogens with one attached hydrogen (secondary N) is 2. The van der Waals surface area contributed by atoms with E-state index in [-0.39, 0.29) is 23.6 Å². The molecule has 1 fully saturated rings. The second kappa shape index (κ2) is 10.8. The molecule has 2 N–H and O–H groups in total. The van der Waals surface area contributed by atoms with E-state index in [1.807, 2.05) is 18.2 Å². The number of carbonyl (C=O) groups excluding carboxylic acids is 3. The summed E-state index contributed by atoms with van der Waals surface area (Å²) in [5.74, 6) is 0.420. The Kier molecular flexibility index (Phi) is 7.82. The third-order valence-corrected chi connectivity index (χ3v) is 5.60. The lowest BCUT2D eigenvalue weighted by Crippen LogP contribution is -2.43. The first-order chi connectivity index (χ1) is 14.9. The summed E-state index contributed by atoms with van der Waals surface area (Å²) in [5.41, 5.74) is 1.80. The minimum Gasteiger partial charge on any atom is -0.356 e. The van der Waals surface area contributed by atoms with Gasteiger partial charge in [-0.3, -0.25) is 14.4 Å². The first-order valence-electron chi connectivity index (χ1n) is 11.0. The first kappa shape index (κ1) is 22.5. The van der Waals surface area contributed by atoms with E-state index >= 15 is 0 Å². The zero-order valence-corrected chi connectivity index (χ0v) is 18.3. The van der Waals surface area contributed by atoms with Crippen molar-refractivity contribution in [2.24, 2.45) is 11.8 Å². The maximum Gasteiger partial charge on any atom is 0.255 e. The number of benzene rings is 2. The Morgan fingerprint density at radius 1 is 0.935 bits per heavy atom. The number of amides is 3. The van der Waals surface area contributed by atoms with Crippen LogP contribution in [-0.2, 0) is 4.79 Å². The average Bonchev–Trinajstić information content (AvgIpc) is 2.79. The lowest BCUT2D eigenvalue weighted by atomic mass is 9.95. The fourth-order valence-corrected chi connectivity index (χ4v) is 3.64. The van der Waals surface area contributed by atoms with Crippen molar-refractivity contribution in [1.29, 1.82) is 0 Å². The van der Waals surface area contributed by atoms with E-state index in [1.165, 1.54) is 0 Å². The van der Waals surface area contributed by atoms with E-state index in [2.05, 4.69) is 24.5 Å². The molecule has 1 aliphatic heterocycles. The molecule has 0 atom stereocenters. The Balaban J connectivity index is 1.48. The van der Waals surface area contributed by atoms with Gasteiger partial charge in [-0.05, 0) is 61.6 Å². The molecular weight excluding hydrogens is 390 g/mol. The Bertz CT molecular complexity index is 886. The molecular formula is C25H31N3O3. The van der Waals surface area contributed by atoms with Crippen LogP contribution >= 0.6 is 0 Å². The van der Waals surface area contributed by atoms with E-state index in [0.29, 0.717) is 55.2 Å². The van der Waals surface area contributed by atoms with Crippen molar-refractivity contribution >= 4 is 23.4 Å². The van der Waals surface area contributed by atoms with E-state index in [9.17, 15) is 14.4 Å². The molecule has 6 nitrogen and oxygen atoms in total. The van der Waals surface area contributed by atoms with Gasteiger partial charge in [0.15, 0.2) is 0 Å². The quantitative estimate of drug-likeness (QED) is 0.710. The summed E-state index contributed by atoms with van der Waals surface area (Å²) in [7, 11) is 0. The molecule has 3 rings (SSSR count). The zero-order chi connectivity index (χ0) is 22.2. The van der Waals surface area contributed by atoms with Gasteiger partial charge in [0.05, 0.1) is 0 Å². The summed E-state index contributed by atoms with van der Waals surface area (Å²) in [6.45, 7) is 6.14. The molecule has 0 saturated carbocycles. The normalized spacial score (nSPS) is 14.4. The average molecular weight is 422 g/mol. The predicted octanol–water partition coefficient (Wildman–Crippen LogP) is 3.95. The molecule has 1 aliphatic rings. The molecule has 0 unspecified atom stereocenters. The van der Waals surface area contributed by atoms with Crippen LogP contribution in [-0.4, -0.2) is 42.3 Å². The zero-order valence-electron chi connectivity index (χ0n) is 18.3. The SMILES string of the molecule is CC(C)CCNC(=O)C1CCN(C(=O)c2ccc(NC(=O)c3ccccc3)cc2)CC1. The number of carbonyl (C=O) groups is 3. The van der Waals surface area contributed by atoms with Gasteiger partial charge in [-0.2, -0.15) is 0 Å². The van der Waals surface area contributed by atoms with Gasteiger partial charge in [-0.25, -0.2) is 0 Å². The van der Waals surface area contributed by atoms with Crippen LogP contribution in [0.1, 0.15) is 53.8 Å². The van der Waals surface area contributed by atoms with Crippen LogP contribution in [0.3, 0.4) is 0 Å². The highest BCUT2D eigenvalue weighted by atomic mass is 16.2. The van der Waals surface area contributed by atoms with Crippen molar-refractivity contribution in [3.63, 3.8) is 0 Å². The summed E-state index contributed by atoms with van der Waals surface area (Å²) in [6.07, 6.45) is 2.35. The van der Waals surface area contributed by atoms with E-state index in [1.54, 1.807) is 41.3 Å². The molecule has 0 radical (unpaired) electrons. The summed E-state index contributed by atoms with van der Waals surface area (Å²) in [4.78, 5) is 39.2. The highest BCUT2D eigenvalue weighted by Crippen LogP contribution is 2.20. The maximum absolute atomic E-state index is 12.8. The Morgan fingerprint density at radius 2 is 1.58 bits per heavy atom. The largest absolute Gasteiger partial charge is 0.356 e. The van der Waals surface area contributed by atoms with E-state index in [0.717, 1.165) is 6.42 Å². The van der Waals surface area contributed by atoms with Crippen LogP contribution in [0.5, 0.6) is 0 Å². The van der Waals surface area contributed by atoms with E-state index < -0.39 is 0 Å². The minimum atomic E-state index is -0.187. The van der Waals surface area contributed by atoms with Gasteiger partial charge in [-0.1, -0.05) is 32.0 Å². The number of likely N-dealkylation sites (tertiary alicyclic amines) is 1. The van der Waals surface area contributed by atoms with Crippen LogP contribution < -0.4 is 10.6 Å². The van der Waals surface area contributed by atoms with Gasteiger partial charge in [0, 0.05) is 42.4 Å². The van der Waals surface area contributed by atoms with Crippen molar-refractivity contribution in [3.8, 4) is 0 Å². The molecule has 6 heteroatoms. The van der Waals surface area contributed by atoms with Crippen LogP contribution in [0.15, 0.2) is 54.6 Å². The molecule has 0 aliphatic carbocycles. The standard InChI is InChI=1S/C25H31N3O3/c1-18(2)12-15-26-23(29)20-13-16-28(17-14-20)25(31)21-8-10-22(11-9-21)27-24(30)19-6-4-3-5-7-19/h3-11,18,20H,12-17H2,1-2H3,(H,26,29)(H,27,30). The molecule has 3 amide bonds. The van der Waals surface area contributed by atoms with Gasteiger partial charge in [0.2, 0.25) is 5.91 Å². The molecule has 1 saturated heterocycles. The van der Waals surface area contributed by atoms with Crippen molar-refractivity contribution in [2.45, 2.75) is 33.1 Å². The smallest absolute Gasteiger partial charge is 0.255 e. The number of hydrogen-bond acceptors (Lipinski definition) is 3. The number of rotatable bonds is 7. The molecule has 31 heavy (non-hydrogen) atoms. The topological polar surface area (TPSA) is 78.5 Å². The Hall–Kier alpha value is -3.15. The molecule has 0 aromatic heterocycles. The summed E-state index contributed by atoms with van der Waals surface area (Å²) >= 11 is 0. The first-order valence-corrected chi connectivity index (χ1v) is 11.0. The van der Waals surface area contributed by atoms with Crippen molar-refractivity contribution < 1.29 is 14.4 Å². The maximum atomic E-state index is 12.8. The number of anilines is 1. The van der Waals surface area contributed by atoms with Crippen LogP contribution in [0, 0.1) is 11.8 Å². The van der Waals surface area contributed by atoms with Crippen LogP contribution in [0.2, 0.25) is 0 Å². The lowest BCUT2D eigenvalue weighted by molar-refractivity contribution is -0.126. The molecule has 2 aromatic rings. The van der Waals surface area contributed by atoms with Gasteiger partial charge >= 0.3 is 0 Å². The highest BCUT2D eigenvalue weighted by Gasteiger charge is 2.27. The van der Waals surface area contributed by atoms with Crippen molar-refractivity contribution in [1.82, 2.24) is 10.2 Å². The third-order valence-electron chi connectivity index (χ3n) is 5.60.